The summed E-state index contributed by atoms with van der Waals surface area (Å²) in [6.07, 6.45) is 1.68. The van der Waals surface area contributed by atoms with Gasteiger partial charge in [-0.3, -0.25) is 4.79 Å². The van der Waals surface area contributed by atoms with Gasteiger partial charge in [0, 0.05) is 24.5 Å². The number of aromatic amines is 1. The third kappa shape index (κ3) is 3.81. The molecule has 1 aromatic carbocycles. The molecule has 0 radical (unpaired) electrons. The number of rotatable bonds is 4. The second-order valence-corrected chi connectivity index (χ2v) is 9.18. The fourth-order valence-electron chi connectivity index (χ4n) is 3.52. The second kappa shape index (κ2) is 7.78. The zero-order chi connectivity index (χ0) is 20.5. The van der Waals surface area contributed by atoms with Crippen molar-refractivity contribution in [1.29, 1.82) is 5.26 Å². The number of carbonyl (C=O) groups is 1. The summed E-state index contributed by atoms with van der Waals surface area (Å²) in [6.45, 7) is 6.45. The molecular formula is C20H24N4O3S. The Bertz CT molecular complexity index is 1020. The molecule has 148 valence electrons. The Labute approximate surface area is 165 Å². The van der Waals surface area contributed by atoms with Gasteiger partial charge in [0.2, 0.25) is 10.0 Å². The second-order valence-electron chi connectivity index (χ2n) is 7.31. The molecule has 7 nitrogen and oxygen atoms in total. The number of carbonyl (C=O) groups excluding carboxylic acids is 1. The van der Waals surface area contributed by atoms with Gasteiger partial charge >= 0.3 is 0 Å². The Kier molecular flexibility index (Phi) is 5.59. The fourth-order valence-corrected chi connectivity index (χ4v) is 5.40. The van der Waals surface area contributed by atoms with E-state index in [4.69, 9.17) is 5.26 Å². The van der Waals surface area contributed by atoms with Crippen LogP contribution in [0.2, 0.25) is 0 Å². The Morgan fingerprint density at radius 3 is 2.39 bits per heavy atom. The predicted molar refractivity (Wildman–Crippen MR) is 107 cm³/mol. The summed E-state index contributed by atoms with van der Waals surface area (Å²) < 4.78 is 27.8. The maximum absolute atomic E-state index is 13.1. The maximum atomic E-state index is 13.1. The number of aromatic nitrogens is 1. The molecule has 1 amide bonds. The topological polar surface area (TPSA) is 106 Å². The number of aryl methyl sites for hydroxylation is 1. The van der Waals surface area contributed by atoms with Gasteiger partial charge in [0.05, 0.1) is 11.6 Å². The third-order valence-electron chi connectivity index (χ3n) is 5.21. The molecule has 0 aliphatic carbocycles. The van der Waals surface area contributed by atoms with Crippen LogP contribution in [0.1, 0.15) is 47.1 Å². The SMILES string of the molecule is Cc1[nH]c(C(=O)Nc2ccc(C#N)cc2)c(C)c1S(=O)(=O)N1CCC(C)CC1. The average Bonchev–Trinajstić information content (AvgIpc) is 2.97. The highest BCUT2D eigenvalue weighted by Gasteiger charge is 2.33. The summed E-state index contributed by atoms with van der Waals surface area (Å²) in [5, 5.41) is 11.6. The normalized spacial score (nSPS) is 15.9. The molecule has 0 unspecified atom stereocenters. The number of anilines is 1. The molecule has 0 spiro atoms. The number of sulfonamides is 1. The summed E-state index contributed by atoms with van der Waals surface area (Å²) in [4.78, 5) is 15.8. The van der Waals surface area contributed by atoms with E-state index in [1.54, 1.807) is 38.1 Å². The summed E-state index contributed by atoms with van der Waals surface area (Å²) in [5.74, 6) is 0.104. The third-order valence-corrected chi connectivity index (χ3v) is 7.38. The van der Waals surface area contributed by atoms with Crippen molar-refractivity contribution in [2.45, 2.75) is 38.5 Å². The largest absolute Gasteiger partial charge is 0.353 e. The van der Waals surface area contributed by atoms with Crippen molar-refractivity contribution in [1.82, 2.24) is 9.29 Å². The molecule has 1 aliphatic rings. The van der Waals surface area contributed by atoms with Crippen molar-refractivity contribution >= 4 is 21.6 Å². The molecule has 0 saturated carbocycles. The number of amides is 1. The smallest absolute Gasteiger partial charge is 0.272 e. The van der Waals surface area contributed by atoms with Gasteiger partial charge in [0.25, 0.3) is 5.91 Å². The maximum Gasteiger partial charge on any atom is 0.272 e. The van der Waals surface area contributed by atoms with Crippen LogP contribution in [0.5, 0.6) is 0 Å². The first-order valence-corrected chi connectivity index (χ1v) is 10.7. The highest BCUT2D eigenvalue weighted by molar-refractivity contribution is 7.89. The first-order valence-electron chi connectivity index (χ1n) is 9.25. The number of piperidine rings is 1. The van der Waals surface area contributed by atoms with Gasteiger partial charge < -0.3 is 10.3 Å². The zero-order valence-electron chi connectivity index (χ0n) is 16.2. The standard InChI is InChI=1S/C20H24N4O3S/c1-13-8-10-24(11-9-13)28(26,27)19-14(2)18(22-15(19)3)20(25)23-17-6-4-16(12-21)5-7-17/h4-7,13,22H,8-11H2,1-3H3,(H,23,25). The monoisotopic (exact) mass is 400 g/mol. The van der Waals surface area contributed by atoms with E-state index >= 15 is 0 Å². The first-order chi connectivity index (χ1) is 13.2. The van der Waals surface area contributed by atoms with Crippen LogP contribution >= 0.6 is 0 Å². The number of H-pyrrole nitrogens is 1. The number of nitriles is 1. The molecule has 8 heteroatoms. The lowest BCUT2D eigenvalue weighted by Crippen LogP contribution is -2.38. The highest BCUT2D eigenvalue weighted by Crippen LogP contribution is 2.29. The van der Waals surface area contributed by atoms with E-state index < -0.39 is 15.9 Å². The summed E-state index contributed by atoms with van der Waals surface area (Å²) in [5.41, 5.74) is 2.13. The van der Waals surface area contributed by atoms with Crippen LogP contribution in [0, 0.1) is 31.1 Å². The van der Waals surface area contributed by atoms with Crippen LogP contribution in [0.25, 0.3) is 0 Å². The molecule has 1 aliphatic heterocycles. The number of hydrogen-bond donors (Lipinski definition) is 2. The first kappa shape index (κ1) is 20.1. The van der Waals surface area contributed by atoms with Crippen molar-refractivity contribution in [2.75, 3.05) is 18.4 Å². The summed E-state index contributed by atoms with van der Waals surface area (Å²) >= 11 is 0. The predicted octanol–water partition coefficient (Wildman–Crippen LogP) is 3.18. The molecule has 3 rings (SSSR count). The van der Waals surface area contributed by atoms with Crippen molar-refractivity contribution < 1.29 is 13.2 Å². The van der Waals surface area contributed by atoms with Gasteiger partial charge in [-0.05, 0) is 62.4 Å². The van der Waals surface area contributed by atoms with E-state index in [2.05, 4.69) is 17.2 Å². The molecule has 2 aromatic rings. The highest BCUT2D eigenvalue weighted by atomic mass is 32.2. The fraction of sp³-hybridized carbons (Fsp3) is 0.400. The molecule has 0 bridgehead atoms. The van der Waals surface area contributed by atoms with Crippen LogP contribution in [0.15, 0.2) is 29.2 Å². The minimum absolute atomic E-state index is 0.187. The lowest BCUT2D eigenvalue weighted by molar-refractivity contribution is 0.102. The molecule has 1 fully saturated rings. The number of benzene rings is 1. The van der Waals surface area contributed by atoms with Gasteiger partial charge in [0.15, 0.2) is 0 Å². The van der Waals surface area contributed by atoms with Crippen LogP contribution < -0.4 is 5.32 Å². The lowest BCUT2D eigenvalue weighted by atomic mass is 10.0. The van der Waals surface area contributed by atoms with Crippen molar-refractivity contribution in [3.8, 4) is 6.07 Å². The summed E-state index contributed by atoms with van der Waals surface area (Å²) in [6, 6.07) is 8.50. The molecule has 1 saturated heterocycles. The summed E-state index contributed by atoms with van der Waals surface area (Å²) in [7, 11) is -3.66. The van der Waals surface area contributed by atoms with Gasteiger partial charge in [-0.15, -0.1) is 0 Å². The van der Waals surface area contributed by atoms with E-state index in [0.717, 1.165) is 12.8 Å². The van der Waals surface area contributed by atoms with Crippen LogP contribution in [-0.4, -0.2) is 36.7 Å². The molecule has 1 aromatic heterocycles. The van der Waals surface area contributed by atoms with Gasteiger partial charge in [-0.2, -0.15) is 9.57 Å². The zero-order valence-corrected chi connectivity index (χ0v) is 17.1. The van der Waals surface area contributed by atoms with Crippen LogP contribution in [-0.2, 0) is 10.0 Å². The molecule has 2 heterocycles. The lowest BCUT2D eigenvalue weighted by Gasteiger charge is -2.29. The molecule has 0 atom stereocenters. The molecular weight excluding hydrogens is 376 g/mol. The Morgan fingerprint density at radius 1 is 1.21 bits per heavy atom. The number of nitrogens with one attached hydrogen (secondary N) is 2. The van der Waals surface area contributed by atoms with Gasteiger partial charge in [-0.25, -0.2) is 8.42 Å². The molecule has 2 N–H and O–H groups in total. The van der Waals surface area contributed by atoms with Crippen LogP contribution in [0.4, 0.5) is 5.69 Å². The van der Waals surface area contributed by atoms with Crippen LogP contribution in [0.3, 0.4) is 0 Å². The van der Waals surface area contributed by atoms with E-state index in [0.29, 0.717) is 41.5 Å². The van der Waals surface area contributed by atoms with Crippen molar-refractivity contribution in [2.24, 2.45) is 5.92 Å². The van der Waals surface area contributed by atoms with E-state index in [9.17, 15) is 13.2 Å². The number of nitrogens with zero attached hydrogens (tertiary/aromatic N) is 2. The number of hydrogen-bond acceptors (Lipinski definition) is 4. The minimum atomic E-state index is -3.66. The van der Waals surface area contributed by atoms with E-state index in [1.807, 2.05) is 6.07 Å². The van der Waals surface area contributed by atoms with Gasteiger partial charge in [0.1, 0.15) is 10.6 Å². The Hall–Kier alpha value is -2.63. The van der Waals surface area contributed by atoms with Gasteiger partial charge in [-0.1, -0.05) is 6.92 Å². The molecule has 28 heavy (non-hydrogen) atoms. The van der Waals surface area contributed by atoms with Crippen molar-refractivity contribution in [3.05, 3.63) is 46.8 Å². The van der Waals surface area contributed by atoms with E-state index in [1.165, 1.54) is 4.31 Å². The minimum Gasteiger partial charge on any atom is -0.353 e. The quantitative estimate of drug-likeness (QED) is 0.822. The van der Waals surface area contributed by atoms with E-state index in [-0.39, 0.29) is 10.6 Å². The Balaban J connectivity index is 1.86. The Morgan fingerprint density at radius 2 is 1.82 bits per heavy atom. The van der Waals surface area contributed by atoms with Crippen molar-refractivity contribution in [3.63, 3.8) is 0 Å². The average molecular weight is 401 g/mol.